The molecule has 2 fully saturated rings. The number of likely N-dealkylation sites (tertiary alicyclic amines) is 1. The quantitative estimate of drug-likeness (QED) is 0.796. The van der Waals surface area contributed by atoms with Crippen molar-refractivity contribution in [2.24, 2.45) is 0 Å². The van der Waals surface area contributed by atoms with Gasteiger partial charge in [0.25, 0.3) is 0 Å². The highest BCUT2D eigenvalue weighted by molar-refractivity contribution is 7.99. The van der Waals surface area contributed by atoms with Crippen molar-refractivity contribution < 1.29 is 9.90 Å². The highest BCUT2D eigenvalue weighted by Gasteiger charge is 2.25. The Morgan fingerprint density at radius 2 is 2.00 bits per heavy atom. The van der Waals surface area contributed by atoms with E-state index in [4.69, 9.17) is 5.11 Å². The molecule has 0 aliphatic carbocycles. The lowest BCUT2D eigenvalue weighted by Crippen LogP contribution is -2.46. The first-order chi connectivity index (χ1) is 8.25. The maximum atomic E-state index is 10.8. The second-order valence-corrected chi connectivity index (χ2v) is 6.06. The predicted molar refractivity (Wildman–Crippen MR) is 70.6 cm³/mol. The van der Waals surface area contributed by atoms with Crippen LogP contribution in [0.2, 0.25) is 0 Å². The molecule has 4 nitrogen and oxygen atoms in total. The second-order valence-electron chi connectivity index (χ2n) is 4.91. The Kier molecular flexibility index (Phi) is 5.13. The Balaban J connectivity index is 1.76. The van der Waals surface area contributed by atoms with Gasteiger partial charge in [-0.25, -0.2) is 0 Å². The van der Waals surface area contributed by atoms with Gasteiger partial charge in [0.15, 0.2) is 0 Å². The zero-order valence-electron chi connectivity index (χ0n) is 10.3. The number of carboxylic acid groups (broad SMARTS) is 1. The molecule has 2 saturated heterocycles. The Morgan fingerprint density at radius 1 is 1.24 bits per heavy atom. The third-order valence-electron chi connectivity index (χ3n) is 3.66. The topological polar surface area (TPSA) is 43.8 Å². The lowest BCUT2D eigenvalue weighted by atomic mass is 10.2. The molecule has 2 aliphatic rings. The molecule has 0 saturated carbocycles. The van der Waals surface area contributed by atoms with Gasteiger partial charge in [0.1, 0.15) is 0 Å². The van der Waals surface area contributed by atoms with E-state index in [-0.39, 0.29) is 6.04 Å². The number of nitrogens with zero attached hydrogens (tertiary/aromatic N) is 2. The molecule has 1 unspecified atom stereocenters. The molecule has 0 aromatic carbocycles. The fourth-order valence-electron chi connectivity index (χ4n) is 2.65. The van der Waals surface area contributed by atoms with Gasteiger partial charge in [0, 0.05) is 37.2 Å². The Hall–Kier alpha value is -0.260. The van der Waals surface area contributed by atoms with Crippen molar-refractivity contribution in [2.75, 3.05) is 44.2 Å². The summed E-state index contributed by atoms with van der Waals surface area (Å²) in [6.07, 6.45) is 2.95. The van der Waals surface area contributed by atoms with E-state index in [1.165, 1.54) is 25.9 Å². The minimum absolute atomic E-state index is 0.244. The van der Waals surface area contributed by atoms with Gasteiger partial charge in [0.2, 0.25) is 0 Å². The SMILES string of the molecule is O=C(O)CC1CSCCN1CCN1CCCC1. The maximum Gasteiger partial charge on any atom is 0.304 e. The van der Waals surface area contributed by atoms with Crippen LogP contribution in [0.1, 0.15) is 19.3 Å². The van der Waals surface area contributed by atoms with E-state index >= 15 is 0 Å². The van der Waals surface area contributed by atoms with Gasteiger partial charge >= 0.3 is 5.97 Å². The normalized spacial score (nSPS) is 27.4. The van der Waals surface area contributed by atoms with Crippen molar-refractivity contribution in [1.82, 2.24) is 9.80 Å². The number of rotatable bonds is 5. The molecule has 1 N–H and O–H groups in total. The van der Waals surface area contributed by atoms with Gasteiger partial charge in [-0.3, -0.25) is 9.69 Å². The van der Waals surface area contributed by atoms with Gasteiger partial charge < -0.3 is 10.0 Å². The van der Waals surface area contributed by atoms with Crippen molar-refractivity contribution >= 4 is 17.7 Å². The summed E-state index contributed by atoms with van der Waals surface area (Å²) in [7, 11) is 0. The molecule has 0 amide bonds. The molecule has 5 heteroatoms. The zero-order valence-corrected chi connectivity index (χ0v) is 11.1. The van der Waals surface area contributed by atoms with Crippen LogP contribution < -0.4 is 0 Å². The highest BCUT2D eigenvalue weighted by Crippen LogP contribution is 2.19. The fraction of sp³-hybridized carbons (Fsp3) is 0.917. The number of hydrogen-bond donors (Lipinski definition) is 1. The Labute approximate surface area is 107 Å². The lowest BCUT2D eigenvalue weighted by Gasteiger charge is -2.35. The molecule has 0 radical (unpaired) electrons. The molecule has 1 atom stereocenters. The minimum Gasteiger partial charge on any atom is -0.481 e. The van der Waals surface area contributed by atoms with E-state index in [2.05, 4.69) is 9.80 Å². The first-order valence-electron chi connectivity index (χ1n) is 6.51. The van der Waals surface area contributed by atoms with E-state index in [1.54, 1.807) is 0 Å². The van der Waals surface area contributed by atoms with E-state index < -0.39 is 5.97 Å². The van der Waals surface area contributed by atoms with Crippen LogP contribution in [0.15, 0.2) is 0 Å². The maximum absolute atomic E-state index is 10.8. The molecule has 0 aromatic heterocycles. The summed E-state index contributed by atoms with van der Waals surface area (Å²) in [4.78, 5) is 15.7. The van der Waals surface area contributed by atoms with Crippen LogP contribution in [0.5, 0.6) is 0 Å². The smallest absolute Gasteiger partial charge is 0.304 e. The number of thioether (sulfide) groups is 1. The Morgan fingerprint density at radius 3 is 2.71 bits per heavy atom. The van der Waals surface area contributed by atoms with Crippen LogP contribution in [0.4, 0.5) is 0 Å². The van der Waals surface area contributed by atoms with Gasteiger partial charge in [-0.05, 0) is 25.9 Å². The first-order valence-corrected chi connectivity index (χ1v) is 7.67. The van der Waals surface area contributed by atoms with E-state index in [0.29, 0.717) is 6.42 Å². The molecule has 2 rings (SSSR count). The molecule has 0 spiro atoms. The molecule has 98 valence electrons. The van der Waals surface area contributed by atoms with Crippen molar-refractivity contribution in [1.29, 1.82) is 0 Å². The molecular weight excluding hydrogens is 236 g/mol. The van der Waals surface area contributed by atoms with E-state index in [0.717, 1.165) is 31.1 Å². The molecule has 2 heterocycles. The third kappa shape index (κ3) is 4.16. The van der Waals surface area contributed by atoms with Gasteiger partial charge in [0.05, 0.1) is 6.42 Å². The Bertz CT molecular complexity index is 257. The molecule has 2 aliphatic heterocycles. The van der Waals surface area contributed by atoms with Gasteiger partial charge in [-0.1, -0.05) is 0 Å². The van der Waals surface area contributed by atoms with Crippen LogP contribution in [-0.4, -0.2) is 71.1 Å². The van der Waals surface area contributed by atoms with Gasteiger partial charge in [-0.2, -0.15) is 11.8 Å². The van der Waals surface area contributed by atoms with Crippen LogP contribution in [0.25, 0.3) is 0 Å². The van der Waals surface area contributed by atoms with Crippen molar-refractivity contribution in [3.63, 3.8) is 0 Å². The second kappa shape index (κ2) is 6.61. The summed E-state index contributed by atoms with van der Waals surface area (Å²) in [5.41, 5.74) is 0. The van der Waals surface area contributed by atoms with Crippen LogP contribution >= 0.6 is 11.8 Å². The molecule has 0 bridgehead atoms. The zero-order chi connectivity index (χ0) is 12.1. The van der Waals surface area contributed by atoms with E-state index in [1.807, 2.05) is 11.8 Å². The molecule has 17 heavy (non-hydrogen) atoms. The number of hydrogen-bond acceptors (Lipinski definition) is 4. The summed E-state index contributed by atoms with van der Waals surface area (Å²) in [6.45, 7) is 5.66. The molecular formula is C12H22N2O2S. The summed E-state index contributed by atoms with van der Waals surface area (Å²) >= 11 is 1.89. The summed E-state index contributed by atoms with van der Waals surface area (Å²) in [5.74, 6) is 1.46. The fourth-order valence-corrected chi connectivity index (χ4v) is 3.78. The van der Waals surface area contributed by atoms with Crippen molar-refractivity contribution in [2.45, 2.75) is 25.3 Å². The number of carboxylic acids is 1. The first kappa shape index (κ1) is 13.2. The minimum atomic E-state index is -0.663. The number of aliphatic carboxylic acids is 1. The summed E-state index contributed by atoms with van der Waals surface area (Å²) < 4.78 is 0. The average molecular weight is 258 g/mol. The summed E-state index contributed by atoms with van der Waals surface area (Å²) in [5, 5.41) is 8.92. The van der Waals surface area contributed by atoms with Crippen LogP contribution in [0, 0.1) is 0 Å². The standard InChI is InChI=1S/C12H22N2O2S/c15-12(16)9-11-10-17-8-7-14(11)6-5-13-3-1-2-4-13/h11H,1-10H2,(H,15,16). The van der Waals surface area contributed by atoms with Crippen LogP contribution in [0.3, 0.4) is 0 Å². The monoisotopic (exact) mass is 258 g/mol. The van der Waals surface area contributed by atoms with Gasteiger partial charge in [-0.15, -0.1) is 0 Å². The van der Waals surface area contributed by atoms with Crippen LogP contribution in [-0.2, 0) is 4.79 Å². The third-order valence-corrected chi connectivity index (χ3v) is 4.75. The van der Waals surface area contributed by atoms with Crippen molar-refractivity contribution in [3.05, 3.63) is 0 Å². The van der Waals surface area contributed by atoms with Crippen molar-refractivity contribution in [3.8, 4) is 0 Å². The predicted octanol–water partition coefficient (Wildman–Crippen LogP) is 0.974. The summed E-state index contributed by atoms with van der Waals surface area (Å²) in [6, 6.07) is 0.244. The largest absolute Gasteiger partial charge is 0.481 e. The van der Waals surface area contributed by atoms with E-state index in [9.17, 15) is 4.79 Å². The average Bonchev–Trinajstić information content (AvgIpc) is 2.80. The molecule has 0 aromatic rings. The highest BCUT2D eigenvalue weighted by atomic mass is 32.2. The lowest BCUT2D eigenvalue weighted by molar-refractivity contribution is -0.138. The number of carbonyl (C=O) groups is 1.